The zero-order valence-electron chi connectivity index (χ0n) is 9.58. The second kappa shape index (κ2) is 5.13. The van der Waals surface area contributed by atoms with Crippen LogP contribution in [-0.4, -0.2) is 22.1 Å². The van der Waals surface area contributed by atoms with Crippen molar-refractivity contribution in [3.05, 3.63) is 40.3 Å². The van der Waals surface area contributed by atoms with E-state index in [-0.39, 0.29) is 5.69 Å². The van der Waals surface area contributed by atoms with E-state index in [0.29, 0.717) is 23.9 Å². The van der Waals surface area contributed by atoms with E-state index in [0.717, 1.165) is 0 Å². The molecule has 2 aromatic rings. The van der Waals surface area contributed by atoms with Crippen LogP contribution < -0.4 is 10.6 Å². The number of aromatic nitrogens is 2. The van der Waals surface area contributed by atoms with Gasteiger partial charge in [0.2, 0.25) is 0 Å². The average Bonchev–Trinajstić information content (AvgIpc) is 2.89. The zero-order chi connectivity index (χ0) is 13.0. The molecule has 0 saturated heterocycles. The molecule has 0 radical (unpaired) electrons. The number of anilines is 2. The first-order chi connectivity index (χ1) is 8.69. The first-order valence-electron chi connectivity index (χ1n) is 5.16. The van der Waals surface area contributed by atoms with Gasteiger partial charge in [0.05, 0.1) is 23.6 Å². The minimum atomic E-state index is -0.468. The lowest BCUT2D eigenvalue weighted by molar-refractivity contribution is -0.384. The van der Waals surface area contributed by atoms with Crippen molar-refractivity contribution in [1.29, 1.82) is 0 Å². The molecule has 2 heterocycles. The molecule has 0 unspecified atom stereocenters. The monoisotopic (exact) mass is 249 g/mol. The van der Waals surface area contributed by atoms with Gasteiger partial charge in [0.1, 0.15) is 23.6 Å². The number of rotatable bonds is 5. The van der Waals surface area contributed by atoms with E-state index in [1.165, 1.54) is 18.4 Å². The molecule has 0 amide bonds. The van der Waals surface area contributed by atoms with Gasteiger partial charge in [0.15, 0.2) is 0 Å². The second-order valence-corrected chi connectivity index (χ2v) is 3.45. The van der Waals surface area contributed by atoms with Crippen molar-refractivity contribution >= 4 is 17.3 Å². The highest BCUT2D eigenvalue weighted by Gasteiger charge is 2.10. The summed E-state index contributed by atoms with van der Waals surface area (Å²) in [5.74, 6) is 0.823. The number of nitrogens with zero attached hydrogens (tertiary/aromatic N) is 3. The lowest BCUT2D eigenvalue weighted by atomic mass is 10.3. The lowest BCUT2D eigenvalue weighted by Gasteiger charge is -2.05. The molecule has 2 N–H and O–H groups in total. The van der Waals surface area contributed by atoms with Gasteiger partial charge in [-0.2, -0.15) is 0 Å². The summed E-state index contributed by atoms with van der Waals surface area (Å²) in [6.07, 6.45) is 1.46. The second-order valence-electron chi connectivity index (χ2n) is 3.45. The van der Waals surface area contributed by atoms with Gasteiger partial charge in [-0.15, -0.1) is 0 Å². The number of pyridine rings is 1. The molecule has 0 aliphatic rings. The zero-order valence-corrected chi connectivity index (χ0v) is 9.58. The quantitative estimate of drug-likeness (QED) is 0.612. The molecule has 8 heteroatoms. The Balaban J connectivity index is 2.16. The van der Waals surface area contributed by atoms with Crippen LogP contribution in [0, 0.1) is 10.1 Å². The standard InChI is InChI=1S/C10H11N5O3/c1-11-9-4-8(15(16)17)5-10(13-9)12-6-7-2-3-18-14-7/h2-5H,6H2,1H3,(H2,11,12,13). The fourth-order valence-electron chi connectivity index (χ4n) is 1.35. The third-order valence-corrected chi connectivity index (χ3v) is 2.22. The Morgan fingerprint density at radius 2 is 2.22 bits per heavy atom. The molecular weight excluding hydrogens is 238 g/mol. The minimum absolute atomic E-state index is 0.0306. The van der Waals surface area contributed by atoms with Crippen molar-refractivity contribution in [3.8, 4) is 0 Å². The number of hydrogen-bond acceptors (Lipinski definition) is 7. The van der Waals surface area contributed by atoms with Gasteiger partial charge >= 0.3 is 0 Å². The van der Waals surface area contributed by atoms with Crippen LogP contribution in [0.15, 0.2) is 29.0 Å². The van der Waals surface area contributed by atoms with Crippen LogP contribution in [0.1, 0.15) is 5.69 Å². The summed E-state index contributed by atoms with van der Waals surface area (Å²) in [6.45, 7) is 0.383. The summed E-state index contributed by atoms with van der Waals surface area (Å²) in [5, 5.41) is 20.2. The predicted octanol–water partition coefficient (Wildman–Crippen LogP) is 1.63. The molecule has 8 nitrogen and oxygen atoms in total. The van der Waals surface area contributed by atoms with Gasteiger partial charge in [-0.25, -0.2) is 4.98 Å². The summed E-state index contributed by atoms with van der Waals surface area (Å²) >= 11 is 0. The number of nitro groups is 1. The van der Waals surface area contributed by atoms with E-state index in [1.807, 2.05) is 0 Å². The third kappa shape index (κ3) is 2.73. The highest BCUT2D eigenvalue weighted by molar-refractivity contribution is 5.54. The molecule has 0 saturated carbocycles. The maximum atomic E-state index is 10.7. The van der Waals surface area contributed by atoms with Gasteiger partial charge in [0, 0.05) is 13.1 Å². The van der Waals surface area contributed by atoms with Crippen molar-refractivity contribution in [2.75, 3.05) is 17.7 Å². The predicted molar refractivity (Wildman–Crippen MR) is 64.3 cm³/mol. The molecule has 2 rings (SSSR count). The minimum Gasteiger partial charge on any atom is -0.373 e. The Hall–Kier alpha value is -2.64. The molecule has 0 aliphatic heterocycles. The first kappa shape index (κ1) is 11.8. The highest BCUT2D eigenvalue weighted by Crippen LogP contribution is 2.20. The summed E-state index contributed by atoms with van der Waals surface area (Å²) in [6, 6.07) is 4.42. The maximum absolute atomic E-state index is 10.7. The topological polar surface area (TPSA) is 106 Å². The highest BCUT2D eigenvalue weighted by atomic mass is 16.6. The Morgan fingerprint density at radius 1 is 1.44 bits per heavy atom. The smallest absolute Gasteiger partial charge is 0.276 e. The molecule has 2 aromatic heterocycles. The molecule has 0 atom stereocenters. The fourth-order valence-corrected chi connectivity index (χ4v) is 1.35. The molecule has 0 aromatic carbocycles. The summed E-state index contributed by atoms with van der Waals surface area (Å²) in [5.41, 5.74) is 0.659. The maximum Gasteiger partial charge on any atom is 0.276 e. The Morgan fingerprint density at radius 3 is 2.83 bits per heavy atom. The van der Waals surface area contributed by atoms with E-state index in [4.69, 9.17) is 0 Å². The van der Waals surface area contributed by atoms with E-state index in [9.17, 15) is 10.1 Å². The van der Waals surface area contributed by atoms with Crippen molar-refractivity contribution in [2.24, 2.45) is 0 Å². The number of nitrogens with one attached hydrogen (secondary N) is 2. The van der Waals surface area contributed by atoms with Gasteiger partial charge in [-0.1, -0.05) is 5.16 Å². The summed E-state index contributed by atoms with van der Waals surface area (Å²) in [7, 11) is 1.65. The summed E-state index contributed by atoms with van der Waals surface area (Å²) < 4.78 is 4.68. The largest absolute Gasteiger partial charge is 0.373 e. The van der Waals surface area contributed by atoms with Crippen LogP contribution in [0.25, 0.3) is 0 Å². The SMILES string of the molecule is CNc1cc([N+](=O)[O-])cc(NCc2ccon2)n1. The average molecular weight is 249 g/mol. The Labute approximate surface area is 102 Å². The number of hydrogen-bond donors (Lipinski definition) is 2. The van der Waals surface area contributed by atoms with Crippen molar-refractivity contribution < 1.29 is 9.45 Å². The van der Waals surface area contributed by atoms with E-state index >= 15 is 0 Å². The van der Waals surface area contributed by atoms with Gasteiger partial charge in [-0.05, 0) is 0 Å². The van der Waals surface area contributed by atoms with Crippen molar-refractivity contribution in [2.45, 2.75) is 6.54 Å². The van der Waals surface area contributed by atoms with Crippen LogP contribution in [0.5, 0.6) is 0 Å². The van der Waals surface area contributed by atoms with Crippen molar-refractivity contribution in [1.82, 2.24) is 10.1 Å². The van der Waals surface area contributed by atoms with E-state index < -0.39 is 4.92 Å². The van der Waals surface area contributed by atoms with Crippen LogP contribution in [0.4, 0.5) is 17.3 Å². The first-order valence-corrected chi connectivity index (χ1v) is 5.16. The Kier molecular flexibility index (Phi) is 3.37. The van der Waals surface area contributed by atoms with E-state index in [1.54, 1.807) is 13.1 Å². The normalized spacial score (nSPS) is 10.1. The van der Waals surface area contributed by atoms with Crippen LogP contribution in [-0.2, 0) is 6.54 Å². The molecule has 94 valence electrons. The van der Waals surface area contributed by atoms with E-state index in [2.05, 4.69) is 25.3 Å². The molecule has 0 bridgehead atoms. The van der Waals surface area contributed by atoms with Gasteiger partial charge in [0.25, 0.3) is 5.69 Å². The Bertz CT molecular complexity index is 540. The van der Waals surface area contributed by atoms with Crippen LogP contribution in [0.3, 0.4) is 0 Å². The van der Waals surface area contributed by atoms with Crippen LogP contribution in [0.2, 0.25) is 0 Å². The van der Waals surface area contributed by atoms with Gasteiger partial charge in [-0.3, -0.25) is 10.1 Å². The third-order valence-electron chi connectivity index (χ3n) is 2.22. The molecule has 18 heavy (non-hydrogen) atoms. The summed E-state index contributed by atoms with van der Waals surface area (Å²) in [4.78, 5) is 14.4. The molecule has 0 aliphatic carbocycles. The molecule has 0 spiro atoms. The van der Waals surface area contributed by atoms with Gasteiger partial charge < -0.3 is 15.2 Å². The molecular formula is C10H11N5O3. The molecule has 0 fully saturated rings. The van der Waals surface area contributed by atoms with Crippen LogP contribution >= 0.6 is 0 Å². The fraction of sp³-hybridized carbons (Fsp3) is 0.200. The lowest BCUT2D eigenvalue weighted by Crippen LogP contribution is -2.04. The van der Waals surface area contributed by atoms with Crippen molar-refractivity contribution in [3.63, 3.8) is 0 Å².